The molecule has 0 aromatic carbocycles. The van der Waals surface area contributed by atoms with Gasteiger partial charge in [-0.25, -0.2) is 9.59 Å². The van der Waals surface area contributed by atoms with Gasteiger partial charge in [-0.3, -0.25) is 13.9 Å². The van der Waals surface area contributed by atoms with Gasteiger partial charge in [0.2, 0.25) is 0 Å². The first-order valence-electron chi connectivity index (χ1n) is 6.65. The summed E-state index contributed by atoms with van der Waals surface area (Å²) in [4.78, 5) is 35.5. The van der Waals surface area contributed by atoms with Crippen molar-refractivity contribution in [1.82, 2.24) is 9.13 Å². The molecule has 0 aliphatic heterocycles. The van der Waals surface area contributed by atoms with Gasteiger partial charge in [-0.05, 0) is 19.8 Å². The molecule has 1 N–H and O–H groups in total. The smallest absolute Gasteiger partial charge is 0.342 e. The standard InChI is InChI=1S/C13H18N2O4/c1-2-14-8-10(12(17)18)11(16)15(13(14)19)9-6-4-3-5-7-9/h8-9H,2-7H2,1H3,(H,17,18). The van der Waals surface area contributed by atoms with E-state index >= 15 is 0 Å². The topological polar surface area (TPSA) is 81.3 Å². The summed E-state index contributed by atoms with van der Waals surface area (Å²) < 4.78 is 2.44. The first-order chi connectivity index (χ1) is 9.06. The molecule has 104 valence electrons. The van der Waals surface area contributed by atoms with Crippen LogP contribution in [0.4, 0.5) is 0 Å². The number of aromatic carboxylic acids is 1. The molecule has 0 radical (unpaired) electrons. The fraction of sp³-hybridized carbons (Fsp3) is 0.615. The third-order valence-electron chi connectivity index (χ3n) is 3.70. The molecule has 1 aromatic rings. The van der Waals surface area contributed by atoms with Gasteiger partial charge in [0.25, 0.3) is 5.56 Å². The average molecular weight is 266 g/mol. The minimum atomic E-state index is -1.28. The van der Waals surface area contributed by atoms with Crippen LogP contribution in [-0.4, -0.2) is 20.2 Å². The van der Waals surface area contributed by atoms with Crippen LogP contribution in [0.2, 0.25) is 0 Å². The third kappa shape index (κ3) is 2.47. The number of rotatable bonds is 3. The minimum absolute atomic E-state index is 0.161. The molecule has 0 bridgehead atoms. The van der Waals surface area contributed by atoms with Gasteiger partial charge in [0.15, 0.2) is 0 Å². The Morgan fingerprint density at radius 3 is 2.47 bits per heavy atom. The van der Waals surface area contributed by atoms with E-state index in [0.29, 0.717) is 6.54 Å². The van der Waals surface area contributed by atoms with Crippen LogP contribution in [0.5, 0.6) is 0 Å². The van der Waals surface area contributed by atoms with E-state index in [4.69, 9.17) is 5.11 Å². The van der Waals surface area contributed by atoms with E-state index in [9.17, 15) is 14.4 Å². The zero-order chi connectivity index (χ0) is 14.0. The van der Waals surface area contributed by atoms with Crippen molar-refractivity contribution in [2.24, 2.45) is 0 Å². The van der Waals surface area contributed by atoms with Crippen molar-refractivity contribution in [3.63, 3.8) is 0 Å². The summed E-state index contributed by atoms with van der Waals surface area (Å²) in [5.41, 5.74) is -1.40. The Bertz CT molecular complexity index is 594. The maximum absolute atomic E-state index is 12.2. The lowest BCUT2D eigenvalue weighted by Gasteiger charge is -2.24. The van der Waals surface area contributed by atoms with Crippen molar-refractivity contribution in [3.05, 3.63) is 32.6 Å². The van der Waals surface area contributed by atoms with Gasteiger partial charge in [-0.15, -0.1) is 0 Å². The minimum Gasteiger partial charge on any atom is -0.477 e. The number of hydrogen-bond acceptors (Lipinski definition) is 3. The predicted octanol–water partition coefficient (Wildman–Crippen LogP) is 1.23. The lowest BCUT2D eigenvalue weighted by atomic mass is 9.95. The normalized spacial score (nSPS) is 16.5. The molecule has 1 saturated carbocycles. The number of carboxylic acid groups (broad SMARTS) is 1. The Kier molecular flexibility index (Phi) is 3.87. The van der Waals surface area contributed by atoms with Crippen LogP contribution in [0.1, 0.15) is 55.4 Å². The van der Waals surface area contributed by atoms with Crippen LogP contribution >= 0.6 is 0 Å². The van der Waals surface area contributed by atoms with Gasteiger partial charge < -0.3 is 5.11 Å². The summed E-state index contributed by atoms with van der Waals surface area (Å²) in [6.07, 6.45) is 5.72. The first-order valence-corrected chi connectivity index (χ1v) is 6.65. The maximum Gasteiger partial charge on any atom is 0.342 e. The summed E-state index contributed by atoms with van der Waals surface area (Å²) >= 11 is 0. The predicted molar refractivity (Wildman–Crippen MR) is 69.7 cm³/mol. The molecule has 0 unspecified atom stereocenters. The van der Waals surface area contributed by atoms with Gasteiger partial charge in [-0.1, -0.05) is 19.3 Å². The number of aryl methyl sites for hydroxylation is 1. The van der Waals surface area contributed by atoms with Crippen molar-refractivity contribution < 1.29 is 9.90 Å². The molecule has 0 atom stereocenters. The van der Waals surface area contributed by atoms with Crippen LogP contribution in [-0.2, 0) is 6.54 Å². The van der Waals surface area contributed by atoms with Crippen molar-refractivity contribution in [1.29, 1.82) is 0 Å². The molecule has 0 saturated heterocycles. The molecule has 1 aliphatic rings. The second-order valence-electron chi connectivity index (χ2n) is 4.88. The van der Waals surface area contributed by atoms with E-state index in [1.807, 2.05) is 0 Å². The SMILES string of the molecule is CCn1cc(C(=O)O)c(=O)n(C2CCCCC2)c1=O. The van der Waals surface area contributed by atoms with Gasteiger partial charge >= 0.3 is 11.7 Å². The number of hydrogen-bond donors (Lipinski definition) is 1. The van der Waals surface area contributed by atoms with Crippen LogP contribution < -0.4 is 11.2 Å². The quantitative estimate of drug-likeness (QED) is 0.892. The first kappa shape index (κ1) is 13.6. The molecule has 0 spiro atoms. The zero-order valence-electron chi connectivity index (χ0n) is 11.0. The van der Waals surface area contributed by atoms with Gasteiger partial charge in [0, 0.05) is 18.8 Å². The van der Waals surface area contributed by atoms with E-state index in [1.54, 1.807) is 6.92 Å². The average Bonchev–Trinajstić information content (AvgIpc) is 2.40. The van der Waals surface area contributed by atoms with E-state index in [0.717, 1.165) is 42.9 Å². The Morgan fingerprint density at radius 1 is 1.32 bits per heavy atom. The Hall–Kier alpha value is -1.85. The lowest BCUT2D eigenvalue weighted by Crippen LogP contribution is -2.44. The molecular weight excluding hydrogens is 248 g/mol. The Balaban J connectivity index is 2.63. The van der Waals surface area contributed by atoms with Crippen molar-refractivity contribution in [2.75, 3.05) is 0 Å². The number of carbonyl (C=O) groups is 1. The second-order valence-corrected chi connectivity index (χ2v) is 4.88. The molecule has 1 fully saturated rings. The van der Waals surface area contributed by atoms with E-state index < -0.39 is 17.2 Å². The fourth-order valence-electron chi connectivity index (χ4n) is 2.66. The fourth-order valence-corrected chi connectivity index (χ4v) is 2.66. The van der Waals surface area contributed by atoms with Gasteiger partial charge in [0.1, 0.15) is 5.56 Å². The highest BCUT2D eigenvalue weighted by atomic mass is 16.4. The van der Waals surface area contributed by atoms with Gasteiger partial charge in [0.05, 0.1) is 0 Å². The molecule has 6 heteroatoms. The molecule has 1 heterocycles. The van der Waals surface area contributed by atoms with E-state index in [-0.39, 0.29) is 11.6 Å². The highest BCUT2D eigenvalue weighted by Gasteiger charge is 2.23. The molecule has 19 heavy (non-hydrogen) atoms. The van der Waals surface area contributed by atoms with E-state index in [2.05, 4.69) is 0 Å². The summed E-state index contributed by atoms with van der Waals surface area (Å²) in [5, 5.41) is 9.07. The number of carboxylic acids is 1. The Morgan fingerprint density at radius 2 is 1.95 bits per heavy atom. The zero-order valence-corrected chi connectivity index (χ0v) is 11.0. The van der Waals surface area contributed by atoms with Gasteiger partial charge in [-0.2, -0.15) is 0 Å². The Labute approximate surface area is 110 Å². The van der Waals surface area contributed by atoms with Crippen LogP contribution in [0.25, 0.3) is 0 Å². The highest BCUT2D eigenvalue weighted by molar-refractivity contribution is 5.86. The van der Waals surface area contributed by atoms with Crippen molar-refractivity contribution >= 4 is 5.97 Å². The monoisotopic (exact) mass is 266 g/mol. The molecule has 6 nitrogen and oxygen atoms in total. The molecule has 0 amide bonds. The van der Waals surface area contributed by atoms with E-state index in [1.165, 1.54) is 4.57 Å². The maximum atomic E-state index is 12.2. The largest absolute Gasteiger partial charge is 0.477 e. The van der Waals surface area contributed by atoms with Crippen LogP contribution in [0.3, 0.4) is 0 Å². The van der Waals surface area contributed by atoms with Crippen molar-refractivity contribution in [2.45, 2.75) is 51.6 Å². The number of nitrogens with zero attached hydrogens (tertiary/aromatic N) is 2. The molecule has 1 aliphatic carbocycles. The lowest BCUT2D eigenvalue weighted by molar-refractivity contribution is 0.0692. The summed E-state index contributed by atoms with van der Waals surface area (Å²) in [6, 6.07) is -0.161. The summed E-state index contributed by atoms with van der Waals surface area (Å²) in [7, 11) is 0. The molecular formula is C13H18N2O4. The third-order valence-corrected chi connectivity index (χ3v) is 3.70. The summed E-state index contributed by atoms with van der Waals surface area (Å²) in [6.45, 7) is 2.11. The highest BCUT2D eigenvalue weighted by Crippen LogP contribution is 2.25. The number of aromatic nitrogens is 2. The second kappa shape index (κ2) is 5.42. The van der Waals surface area contributed by atoms with Crippen LogP contribution in [0.15, 0.2) is 15.8 Å². The molecule has 1 aromatic heterocycles. The summed E-state index contributed by atoms with van der Waals surface area (Å²) in [5.74, 6) is -1.28. The van der Waals surface area contributed by atoms with Crippen LogP contribution in [0, 0.1) is 0 Å². The van der Waals surface area contributed by atoms with Crippen molar-refractivity contribution in [3.8, 4) is 0 Å². The molecule has 2 rings (SSSR count).